The van der Waals surface area contributed by atoms with Crippen LogP contribution in [0.25, 0.3) is 0 Å². The van der Waals surface area contributed by atoms with Crippen molar-refractivity contribution in [1.82, 2.24) is 10.2 Å². The number of hydrogen-bond donors (Lipinski definition) is 2. The second-order valence-electron chi connectivity index (χ2n) is 6.88. The summed E-state index contributed by atoms with van der Waals surface area (Å²) in [5.41, 5.74) is 0.654. The molecule has 9 heteroatoms. The smallest absolute Gasteiger partial charge is 0.416 e. The van der Waals surface area contributed by atoms with Gasteiger partial charge in [-0.3, -0.25) is 4.99 Å². The number of benzene rings is 2. The van der Waals surface area contributed by atoms with E-state index in [1.807, 2.05) is 6.92 Å². The minimum Gasteiger partial charge on any atom is -0.493 e. The van der Waals surface area contributed by atoms with Crippen LogP contribution in [0.3, 0.4) is 0 Å². The van der Waals surface area contributed by atoms with Crippen LogP contribution in [-0.4, -0.2) is 50.3 Å². The largest absolute Gasteiger partial charge is 0.493 e. The fraction of sp³-hybridized carbons (Fsp3) is 0.409. The lowest BCUT2D eigenvalue weighted by atomic mass is 10.1. The number of nitrogens with one attached hydrogen (secondary N) is 1. The van der Waals surface area contributed by atoms with Crippen LogP contribution in [0.1, 0.15) is 29.7 Å². The Balaban J connectivity index is 2.09. The highest BCUT2D eigenvalue weighted by Crippen LogP contribution is 2.30. The number of alkyl halides is 3. The van der Waals surface area contributed by atoms with Gasteiger partial charge < -0.3 is 24.8 Å². The highest BCUT2D eigenvalue weighted by Gasteiger charge is 2.30. The maximum absolute atomic E-state index is 12.7. The number of guanidine groups is 1. The Hall–Kier alpha value is -2.94. The molecule has 1 unspecified atom stereocenters. The zero-order valence-corrected chi connectivity index (χ0v) is 18.0. The Labute approximate surface area is 180 Å². The average molecular weight is 439 g/mol. The molecule has 0 radical (unpaired) electrons. The zero-order valence-electron chi connectivity index (χ0n) is 18.0. The highest BCUT2D eigenvalue weighted by molar-refractivity contribution is 5.79. The van der Waals surface area contributed by atoms with Crippen molar-refractivity contribution in [3.05, 3.63) is 59.2 Å². The number of hydrogen-bond acceptors (Lipinski definition) is 4. The predicted octanol–water partition coefficient (Wildman–Crippen LogP) is 3.85. The Morgan fingerprint density at radius 1 is 1.10 bits per heavy atom. The Morgan fingerprint density at radius 2 is 1.74 bits per heavy atom. The van der Waals surface area contributed by atoms with E-state index in [4.69, 9.17) is 9.47 Å². The normalized spacial score (nSPS) is 13.0. The maximum Gasteiger partial charge on any atom is 0.416 e. The number of methoxy groups -OCH3 is 2. The molecule has 0 heterocycles. The first-order valence-corrected chi connectivity index (χ1v) is 9.75. The van der Waals surface area contributed by atoms with E-state index in [1.165, 1.54) is 26.4 Å². The minimum atomic E-state index is -4.36. The molecule has 0 amide bonds. The van der Waals surface area contributed by atoms with Crippen LogP contribution in [0.5, 0.6) is 11.5 Å². The lowest BCUT2D eigenvalue weighted by Crippen LogP contribution is -2.38. The van der Waals surface area contributed by atoms with Crippen molar-refractivity contribution in [2.45, 2.75) is 25.7 Å². The Bertz CT molecular complexity index is 871. The van der Waals surface area contributed by atoms with Gasteiger partial charge in [-0.2, -0.15) is 13.2 Å². The molecule has 0 saturated carbocycles. The van der Waals surface area contributed by atoms with Crippen LogP contribution in [0, 0.1) is 0 Å². The molecule has 0 aliphatic rings. The predicted molar refractivity (Wildman–Crippen MR) is 113 cm³/mol. The molecule has 0 bridgehead atoms. The fourth-order valence-electron chi connectivity index (χ4n) is 2.96. The maximum atomic E-state index is 12.7. The topological polar surface area (TPSA) is 66.3 Å². The van der Waals surface area contributed by atoms with Crippen molar-refractivity contribution in [2.75, 3.05) is 34.4 Å². The monoisotopic (exact) mass is 439 g/mol. The van der Waals surface area contributed by atoms with E-state index in [9.17, 15) is 18.3 Å². The van der Waals surface area contributed by atoms with Crippen LogP contribution >= 0.6 is 0 Å². The molecule has 2 aromatic carbocycles. The van der Waals surface area contributed by atoms with Crippen LogP contribution < -0.4 is 14.8 Å². The van der Waals surface area contributed by atoms with Gasteiger partial charge in [0.25, 0.3) is 0 Å². The molecular formula is C22H28F3N3O3. The van der Waals surface area contributed by atoms with Gasteiger partial charge >= 0.3 is 6.18 Å². The van der Waals surface area contributed by atoms with E-state index < -0.39 is 17.8 Å². The van der Waals surface area contributed by atoms with Gasteiger partial charge in [-0.25, -0.2) is 0 Å². The standard InChI is InChI=1S/C22H28F3N3O3/c1-5-26-21(28(2)14-15-6-9-17(10-7-15)22(23,24)25)27-13-18(29)16-8-11-19(30-3)20(12-16)31-4/h6-12,18,29H,5,13-14H2,1-4H3,(H,26,27). The molecule has 2 N–H and O–H groups in total. The summed E-state index contributed by atoms with van der Waals surface area (Å²) in [5, 5.41) is 13.7. The molecular weight excluding hydrogens is 411 g/mol. The average Bonchev–Trinajstić information content (AvgIpc) is 2.75. The summed E-state index contributed by atoms with van der Waals surface area (Å²) >= 11 is 0. The van der Waals surface area contributed by atoms with Crippen LogP contribution in [0.2, 0.25) is 0 Å². The third kappa shape index (κ3) is 6.78. The molecule has 6 nitrogen and oxygen atoms in total. The summed E-state index contributed by atoms with van der Waals surface area (Å²) in [6.45, 7) is 2.96. The van der Waals surface area contributed by atoms with Gasteiger partial charge in [0.2, 0.25) is 0 Å². The number of aliphatic hydroxyl groups excluding tert-OH is 1. The van der Waals surface area contributed by atoms with Crippen molar-refractivity contribution in [3.63, 3.8) is 0 Å². The van der Waals surface area contributed by atoms with E-state index in [0.29, 0.717) is 41.7 Å². The highest BCUT2D eigenvalue weighted by atomic mass is 19.4. The van der Waals surface area contributed by atoms with Crippen LogP contribution in [0.15, 0.2) is 47.5 Å². The summed E-state index contributed by atoms with van der Waals surface area (Å²) in [6.07, 6.45) is -5.23. The second-order valence-corrected chi connectivity index (χ2v) is 6.88. The Kier molecular flexibility index (Phi) is 8.56. The van der Waals surface area contributed by atoms with Gasteiger partial charge in [0.15, 0.2) is 17.5 Å². The number of halogens is 3. The number of aliphatic hydroxyl groups is 1. The van der Waals surface area contributed by atoms with Crippen molar-refractivity contribution >= 4 is 5.96 Å². The Morgan fingerprint density at radius 3 is 2.29 bits per heavy atom. The lowest BCUT2D eigenvalue weighted by molar-refractivity contribution is -0.137. The number of nitrogens with zero attached hydrogens (tertiary/aromatic N) is 2. The summed E-state index contributed by atoms with van der Waals surface area (Å²) in [5.74, 6) is 1.60. The lowest BCUT2D eigenvalue weighted by Gasteiger charge is -2.23. The van der Waals surface area contributed by atoms with Crippen molar-refractivity contribution in [1.29, 1.82) is 0 Å². The van der Waals surface area contributed by atoms with Crippen LogP contribution in [0.4, 0.5) is 13.2 Å². The number of aliphatic imine (C=N–C) groups is 1. The molecule has 0 saturated heterocycles. The SMILES string of the molecule is CCNC(=NCC(O)c1ccc(OC)c(OC)c1)N(C)Cc1ccc(C(F)(F)F)cc1. The van der Waals surface area contributed by atoms with Gasteiger partial charge in [-0.15, -0.1) is 0 Å². The van der Waals surface area contributed by atoms with E-state index >= 15 is 0 Å². The molecule has 0 aromatic heterocycles. The molecule has 170 valence electrons. The third-order valence-corrected chi connectivity index (χ3v) is 4.60. The molecule has 2 rings (SSSR count). The quantitative estimate of drug-likeness (QED) is 0.483. The van der Waals surface area contributed by atoms with E-state index in [1.54, 1.807) is 30.1 Å². The van der Waals surface area contributed by atoms with E-state index in [0.717, 1.165) is 12.1 Å². The summed E-state index contributed by atoms with van der Waals surface area (Å²) < 4.78 is 48.7. The third-order valence-electron chi connectivity index (χ3n) is 4.60. The molecule has 0 aliphatic carbocycles. The zero-order chi connectivity index (χ0) is 23.0. The summed E-state index contributed by atoms with van der Waals surface area (Å²) in [4.78, 5) is 6.26. The molecule has 31 heavy (non-hydrogen) atoms. The van der Waals surface area contributed by atoms with Gasteiger partial charge in [0.05, 0.1) is 32.4 Å². The van der Waals surface area contributed by atoms with Crippen molar-refractivity contribution in [3.8, 4) is 11.5 Å². The molecule has 1 atom stereocenters. The first-order chi connectivity index (χ1) is 14.7. The molecule has 0 fully saturated rings. The molecule has 2 aromatic rings. The first kappa shape index (κ1) is 24.3. The minimum absolute atomic E-state index is 0.0924. The van der Waals surface area contributed by atoms with Crippen molar-refractivity contribution in [2.24, 2.45) is 4.99 Å². The number of ether oxygens (including phenoxy) is 2. The summed E-state index contributed by atoms with van der Waals surface area (Å²) in [7, 11) is 4.83. The van der Waals surface area contributed by atoms with Gasteiger partial charge in [-0.1, -0.05) is 18.2 Å². The van der Waals surface area contributed by atoms with Gasteiger partial charge in [0, 0.05) is 20.1 Å². The summed E-state index contributed by atoms with van der Waals surface area (Å²) in [6, 6.07) is 10.2. The van der Waals surface area contributed by atoms with Crippen LogP contribution in [-0.2, 0) is 12.7 Å². The van der Waals surface area contributed by atoms with Gasteiger partial charge in [0.1, 0.15) is 0 Å². The molecule has 0 aliphatic heterocycles. The first-order valence-electron chi connectivity index (χ1n) is 9.75. The molecule has 0 spiro atoms. The van der Waals surface area contributed by atoms with E-state index in [-0.39, 0.29) is 6.54 Å². The fourth-order valence-corrected chi connectivity index (χ4v) is 2.96. The van der Waals surface area contributed by atoms with E-state index in [2.05, 4.69) is 10.3 Å². The van der Waals surface area contributed by atoms with Gasteiger partial charge in [-0.05, 0) is 42.3 Å². The van der Waals surface area contributed by atoms with Crippen molar-refractivity contribution < 1.29 is 27.8 Å². The number of rotatable bonds is 8. The second kappa shape index (κ2) is 10.9.